The first-order valence-electron chi connectivity index (χ1n) is 6.75. The van der Waals surface area contributed by atoms with Crippen LogP contribution in [0, 0.1) is 0 Å². The first kappa shape index (κ1) is 12.1. The molecule has 0 saturated heterocycles. The summed E-state index contributed by atoms with van der Waals surface area (Å²) in [5, 5.41) is 2.85. The van der Waals surface area contributed by atoms with Crippen molar-refractivity contribution in [1.29, 1.82) is 0 Å². The van der Waals surface area contributed by atoms with E-state index in [-0.39, 0.29) is 12.7 Å². The van der Waals surface area contributed by atoms with Crippen LogP contribution in [0.2, 0.25) is 0 Å². The highest BCUT2D eigenvalue weighted by atomic mass is 16.7. The Bertz CT molecular complexity index is 688. The fourth-order valence-electron chi connectivity index (χ4n) is 2.53. The molecule has 1 N–H and O–H groups in total. The van der Waals surface area contributed by atoms with Gasteiger partial charge in [0.25, 0.3) is 5.91 Å². The van der Waals surface area contributed by atoms with Gasteiger partial charge in [-0.05, 0) is 23.8 Å². The number of hydrogen-bond donors (Lipinski definition) is 1. The van der Waals surface area contributed by atoms with Crippen LogP contribution < -0.4 is 19.5 Å². The van der Waals surface area contributed by atoms with E-state index < -0.39 is 6.10 Å². The molecule has 106 valence electrons. The lowest BCUT2D eigenvalue weighted by molar-refractivity contribution is -0.122. The average Bonchev–Trinajstić information content (AvgIpc) is 3.13. The third-order valence-corrected chi connectivity index (χ3v) is 3.58. The van der Waals surface area contributed by atoms with Gasteiger partial charge in [0.05, 0.1) is 0 Å². The summed E-state index contributed by atoms with van der Waals surface area (Å²) >= 11 is 0. The molecular formula is C16H13NO4. The van der Waals surface area contributed by atoms with Gasteiger partial charge in [0.15, 0.2) is 17.6 Å². The highest BCUT2D eigenvalue weighted by Crippen LogP contribution is 2.34. The van der Waals surface area contributed by atoms with Crippen LogP contribution in [0.3, 0.4) is 0 Å². The Labute approximate surface area is 121 Å². The molecule has 0 spiro atoms. The molecule has 5 heteroatoms. The number of anilines is 1. The van der Waals surface area contributed by atoms with Crippen LogP contribution in [0.4, 0.5) is 5.69 Å². The van der Waals surface area contributed by atoms with E-state index in [1.165, 1.54) is 0 Å². The van der Waals surface area contributed by atoms with Crippen molar-refractivity contribution >= 4 is 11.6 Å². The molecule has 2 aliphatic heterocycles. The average molecular weight is 283 g/mol. The third-order valence-electron chi connectivity index (χ3n) is 3.58. The SMILES string of the molecule is O=C(Nc1ccc2c(c1)OCO2)[C@H]1Cc2ccccc2O1. The molecule has 21 heavy (non-hydrogen) atoms. The van der Waals surface area contributed by atoms with Gasteiger partial charge in [0, 0.05) is 18.2 Å². The number of benzene rings is 2. The molecule has 1 atom stereocenters. The minimum Gasteiger partial charge on any atom is -0.480 e. The number of carbonyl (C=O) groups excluding carboxylic acids is 1. The van der Waals surface area contributed by atoms with E-state index in [1.807, 2.05) is 24.3 Å². The highest BCUT2D eigenvalue weighted by molar-refractivity contribution is 5.95. The molecule has 2 aromatic rings. The van der Waals surface area contributed by atoms with Gasteiger partial charge < -0.3 is 19.5 Å². The van der Waals surface area contributed by atoms with E-state index in [0.29, 0.717) is 23.6 Å². The van der Waals surface area contributed by atoms with Gasteiger partial charge in [-0.3, -0.25) is 4.79 Å². The molecule has 0 bridgehead atoms. The lowest BCUT2D eigenvalue weighted by atomic mass is 10.1. The summed E-state index contributed by atoms with van der Waals surface area (Å²) < 4.78 is 16.2. The molecule has 0 saturated carbocycles. The zero-order chi connectivity index (χ0) is 14.2. The number of carbonyl (C=O) groups is 1. The van der Waals surface area contributed by atoms with Crippen molar-refractivity contribution in [1.82, 2.24) is 0 Å². The van der Waals surface area contributed by atoms with E-state index in [2.05, 4.69) is 5.32 Å². The maximum absolute atomic E-state index is 12.3. The molecule has 1 amide bonds. The topological polar surface area (TPSA) is 56.8 Å². The summed E-state index contributed by atoms with van der Waals surface area (Å²) in [7, 11) is 0. The van der Waals surface area contributed by atoms with Gasteiger partial charge in [-0.1, -0.05) is 18.2 Å². The van der Waals surface area contributed by atoms with Crippen molar-refractivity contribution in [2.75, 3.05) is 12.1 Å². The lowest BCUT2D eigenvalue weighted by Gasteiger charge is -2.11. The Morgan fingerprint density at radius 1 is 1.05 bits per heavy atom. The van der Waals surface area contributed by atoms with Crippen LogP contribution in [-0.4, -0.2) is 18.8 Å². The van der Waals surface area contributed by atoms with E-state index in [4.69, 9.17) is 14.2 Å². The molecule has 2 aromatic carbocycles. The first-order chi connectivity index (χ1) is 10.3. The highest BCUT2D eigenvalue weighted by Gasteiger charge is 2.29. The van der Waals surface area contributed by atoms with Crippen molar-refractivity contribution < 1.29 is 19.0 Å². The van der Waals surface area contributed by atoms with Crippen LogP contribution >= 0.6 is 0 Å². The first-order valence-corrected chi connectivity index (χ1v) is 6.75. The number of para-hydroxylation sites is 1. The molecule has 5 nitrogen and oxygen atoms in total. The van der Waals surface area contributed by atoms with Crippen molar-refractivity contribution in [3.63, 3.8) is 0 Å². The van der Waals surface area contributed by atoms with Gasteiger partial charge >= 0.3 is 0 Å². The maximum atomic E-state index is 12.3. The molecule has 2 heterocycles. The minimum absolute atomic E-state index is 0.162. The van der Waals surface area contributed by atoms with Crippen LogP contribution in [0.5, 0.6) is 17.2 Å². The molecule has 0 radical (unpaired) electrons. The summed E-state index contributed by atoms with van der Waals surface area (Å²) in [5.74, 6) is 1.95. The van der Waals surface area contributed by atoms with Gasteiger partial charge in [-0.15, -0.1) is 0 Å². The van der Waals surface area contributed by atoms with Crippen molar-refractivity contribution in [2.45, 2.75) is 12.5 Å². The Balaban J connectivity index is 1.47. The zero-order valence-electron chi connectivity index (χ0n) is 11.2. The molecule has 2 aliphatic rings. The smallest absolute Gasteiger partial charge is 0.265 e. The number of ether oxygens (including phenoxy) is 3. The number of amides is 1. The second-order valence-corrected chi connectivity index (χ2v) is 4.98. The van der Waals surface area contributed by atoms with Crippen LogP contribution in [-0.2, 0) is 11.2 Å². The Morgan fingerprint density at radius 2 is 1.90 bits per heavy atom. The predicted molar refractivity (Wildman–Crippen MR) is 75.8 cm³/mol. The quantitative estimate of drug-likeness (QED) is 0.919. The van der Waals surface area contributed by atoms with Crippen LogP contribution in [0.25, 0.3) is 0 Å². The Hall–Kier alpha value is -2.69. The fourth-order valence-corrected chi connectivity index (χ4v) is 2.53. The fraction of sp³-hybridized carbons (Fsp3) is 0.188. The number of hydrogen-bond acceptors (Lipinski definition) is 4. The molecule has 0 aliphatic carbocycles. The minimum atomic E-state index is -0.493. The van der Waals surface area contributed by atoms with Gasteiger partial charge in [0.2, 0.25) is 6.79 Å². The predicted octanol–water partition coefficient (Wildman–Crippen LogP) is 2.36. The van der Waals surface area contributed by atoms with E-state index in [0.717, 1.165) is 11.3 Å². The van der Waals surface area contributed by atoms with Crippen LogP contribution in [0.15, 0.2) is 42.5 Å². The summed E-state index contributed by atoms with van der Waals surface area (Å²) in [6.45, 7) is 0.216. The Morgan fingerprint density at radius 3 is 2.81 bits per heavy atom. The van der Waals surface area contributed by atoms with Crippen molar-refractivity contribution in [3.8, 4) is 17.2 Å². The molecule has 0 aromatic heterocycles. The summed E-state index contributed by atoms with van der Waals surface area (Å²) in [4.78, 5) is 12.3. The van der Waals surface area contributed by atoms with E-state index in [1.54, 1.807) is 18.2 Å². The third kappa shape index (κ3) is 2.16. The normalized spacial score (nSPS) is 18.0. The largest absolute Gasteiger partial charge is 0.480 e. The van der Waals surface area contributed by atoms with Crippen molar-refractivity contribution in [3.05, 3.63) is 48.0 Å². The molecule has 0 fully saturated rings. The van der Waals surface area contributed by atoms with Crippen molar-refractivity contribution in [2.24, 2.45) is 0 Å². The second-order valence-electron chi connectivity index (χ2n) is 4.98. The number of fused-ring (bicyclic) bond motifs is 2. The molecule has 0 unspecified atom stereocenters. The number of rotatable bonds is 2. The van der Waals surface area contributed by atoms with Gasteiger partial charge in [-0.2, -0.15) is 0 Å². The molecular weight excluding hydrogens is 270 g/mol. The van der Waals surface area contributed by atoms with E-state index >= 15 is 0 Å². The molecule has 4 rings (SSSR count). The Kier molecular flexibility index (Phi) is 2.70. The summed E-state index contributed by atoms with van der Waals surface area (Å²) in [6, 6.07) is 13.0. The maximum Gasteiger partial charge on any atom is 0.265 e. The standard InChI is InChI=1S/C16H13NO4/c18-16(15-7-10-3-1-2-4-12(10)21-15)17-11-5-6-13-14(8-11)20-9-19-13/h1-6,8,15H,7,9H2,(H,17,18)/t15-/m1/s1. The lowest BCUT2D eigenvalue weighted by Crippen LogP contribution is -2.31. The van der Waals surface area contributed by atoms with Gasteiger partial charge in [-0.25, -0.2) is 0 Å². The number of nitrogens with one attached hydrogen (secondary N) is 1. The summed E-state index contributed by atoms with van der Waals surface area (Å²) in [6.07, 6.45) is 0.0971. The van der Waals surface area contributed by atoms with Gasteiger partial charge in [0.1, 0.15) is 5.75 Å². The van der Waals surface area contributed by atoms with E-state index in [9.17, 15) is 4.79 Å². The monoisotopic (exact) mass is 283 g/mol. The second kappa shape index (κ2) is 4.70. The summed E-state index contributed by atoms with van der Waals surface area (Å²) in [5.41, 5.74) is 1.73. The van der Waals surface area contributed by atoms with Crippen LogP contribution in [0.1, 0.15) is 5.56 Å². The zero-order valence-corrected chi connectivity index (χ0v) is 11.2.